The van der Waals surface area contributed by atoms with Gasteiger partial charge in [-0.15, -0.1) is 0 Å². The predicted molar refractivity (Wildman–Crippen MR) is 81.3 cm³/mol. The van der Waals surface area contributed by atoms with E-state index in [0.29, 0.717) is 5.92 Å². The first-order valence-corrected chi connectivity index (χ1v) is 7.91. The van der Waals surface area contributed by atoms with Gasteiger partial charge in [0.15, 0.2) is 0 Å². The van der Waals surface area contributed by atoms with E-state index in [4.69, 9.17) is 4.74 Å². The van der Waals surface area contributed by atoms with Gasteiger partial charge in [0.25, 0.3) is 0 Å². The minimum atomic E-state index is 0.715. The standard InChI is InChI=1S/C14H20Br2O/c1-10(4-6-15)5-7-17-13-8-11(2)14(16)12(3)9-13/h8-10H,4-7H2,1-3H3. The number of rotatable bonds is 6. The molecule has 0 heterocycles. The van der Waals surface area contributed by atoms with E-state index in [0.717, 1.165) is 24.1 Å². The Labute approximate surface area is 121 Å². The zero-order chi connectivity index (χ0) is 12.8. The summed E-state index contributed by atoms with van der Waals surface area (Å²) in [6, 6.07) is 4.18. The summed E-state index contributed by atoms with van der Waals surface area (Å²) < 4.78 is 6.98. The van der Waals surface area contributed by atoms with Crippen molar-refractivity contribution >= 4 is 31.9 Å². The molecule has 1 aromatic carbocycles. The van der Waals surface area contributed by atoms with Crippen LogP contribution in [0.5, 0.6) is 5.75 Å². The van der Waals surface area contributed by atoms with E-state index in [1.54, 1.807) is 0 Å². The van der Waals surface area contributed by atoms with Gasteiger partial charge in [0.05, 0.1) is 6.61 Å². The topological polar surface area (TPSA) is 9.23 Å². The smallest absolute Gasteiger partial charge is 0.119 e. The molecule has 1 atom stereocenters. The van der Waals surface area contributed by atoms with Crippen molar-refractivity contribution in [3.63, 3.8) is 0 Å². The van der Waals surface area contributed by atoms with Crippen LogP contribution >= 0.6 is 31.9 Å². The summed E-state index contributed by atoms with van der Waals surface area (Å²) in [6.45, 7) is 7.26. The van der Waals surface area contributed by atoms with Gasteiger partial charge in [-0.25, -0.2) is 0 Å². The van der Waals surface area contributed by atoms with Crippen LogP contribution in [0.25, 0.3) is 0 Å². The van der Waals surface area contributed by atoms with E-state index in [9.17, 15) is 0 Å². The summed E-state index contributed by atoms with van der Waals surface area (Å²) >= 11 is 7.03. The van der Waals surface area contributed by atoms with Crippen LogP contribution in [0.2, 0.25) is 0 Å². The Hall–Kier alpha value is -0.0200. The Morgan fingerprint density at radius 1 is 1.18 bits per heavy atom. The van der Waals surface area contributed by atoms with Gasteiger partial charge in [-0.2, -0.15) is 0 Å². The molecule has 0 bridgehead atoms. The average Bonchev–Trinajstić information content (AvgIpc) is 2.26. The highest BCUT2D eigenvalue weighted by molar-refractivity contribution is 9.10. The maximum Gasteiger partial charge on any atom is 0.119 e. The molecule has 17 heavy (non-hydrogen) atoms. The molecule has 0 aliphatic heterocycles. The zero-order valence-electron chi connectivity index (χ0n) is 10.7. The molecule has 1 aromatic rings. The molecule has 1 unspecified atom stereocenters. The quantitative estimate of drug-likeness (QED) is 0.626. The molecule has 0 aliphatic rings. The highest BCUT2D eigenvalue weighted by atomic mass is 79.9. The Kier molecular flexibility index (Phi) is 6.57. The molecule has 0 spiro atoms. The zero-order valence-corrected chi connectivity index (χ0v) is 13.9. The molecule has 0 saturated carbocycles. The number of benzene rings is 1. The van der Waals surface area contributed by atoms with Crippen molar-refractivity contribution in [2.75, 3.05) is 11.9 Å². The summed E-state index contributed by atoms with van der Waals surface area (Å²) in [6.07, 6.45) is 2.32. The molecule has 3 heteroatoms. The highest BCUT2D eigenvalue weighted by Crippen LogP contribution is 2.26. The third-order valence-electron chi connectivity index (χ3n) is 2.89. The first-order valence-electron chi connectivity index (χ1n) is 6.00. The van der Waals surface area contributed by atoms with Crippen molar-refractivity contribution < 1.29 is 4.74 Å². The van der Waals surface area contributed by atoms with Crippen molar-refractivity contribution in [1.82, 2.24) is 0 Å². The molecule has 96 valence electrons. The summed E-state index contributed by atoms with van der Waals surface area (Å²) in [5.74, 6) is 1.70. The second kappa shape index (κ2) is 7.42. The van der Waals surface area contributed by atoms with E-state index in [1.165, 1.54) is 22.0 Å². The Morgan fingerprint density at radius 3 is 2.29 bits per heavy atom. The van der Waals surface area contributed by atoms with Crippen LogP contribution in [0.4, 0.5) is 0 Å². The van der Waals surface area contributed by atoms with Gasteiger partial charge in [-0.05, 0) is 55.9 Å². The van der Waals surface area contributed by atoms with Crippen molar-refractivity contribution in [1.29, 1.82) is 0 Å². The highest BCUT2D eigenvalue weighted by Gasteiger charge is 2.05. The molecule has 0 aromatic heterocycles. The van der Waals surface area contributed by atoms with Gasteiger partial charge in [0.1, 0.15) is 5.75 Å². The Bertz CT molecular complexity index is 340. The van der Waals surface area contributed by atoms with Gasteiger partial charge < -0.3 is 4.74 Å². The monoisotopic (exact) mass is 362 g/mol. The minimum absolute atomic E-state index is 0.715. The minimum Gasteiger partial charge on any atom is -0.494 e. The fourth-order valence-electron chi connectivity index (χ4n) is 1.70. The van der Waals surface area contributed by atoms with Crippen LogP contribution < -0.4 is 4.74 Å². The lowest BCUT2D eigenvalue weighted by Crippen LogP contribution is -2.05. The number of aryl methyl sites for hydroxylation is 2. The van der Waals surface area contributed by atoms with Gasteiger partial charge >= 0.3 is 0 Å². The van der Waals surface area contributed by atoms with Crippen LogP contribution in [-0.2, 0) is 0 Å². The van der Waals surface area contributed by atoms with Crippen molar-refractivity contribution in [3.8, 4) is 5.75 Å². The van der Waals surface area contributed by atoms with Gasteiger partial charge in [0, 0.05) is 9.80 Å². The lowest BCUT2D eigenvalue weighted by atomic mass is 10.1. The molecule has 1 nitrogen and oxygen atoms in total. The van der Waals surface area contributed by atoms with E-state index in [-0.39, 0.29) is 0 Å². The predicted octanol–water partition coefficient (Wildman–Crippen LogP) is 5.26. The second-order valence-electron chi connectivity index (χ2n) is 4.59. The molecule has 1 rings (SSSR count). The molecule has 0 aliphatic carbocycles. The first kappa shape index (κ1) is 15.0. The molecule has 0 saturated heterocycles. The molecular weight excluding hydrogens is 344 g/mol. The maximum atomic E-state index is 5.80. The third kappa shape index (κ3) is 5.01. The van der Waals surface area contributed by atoms with Crippen molar-refractivity contribution in [2.45, 2.75) is 33.6 Å². The van der Waals surface area contributed by atoms with Crippen molar-refractivity contribution in [2.24, 2.45) is 5.92 Å². The van der Waals surface area contributed by atoms with Crippen LogP contribution in [0.15, 0.2) is 16.6 Å². The lowest BCUT2D eigenvalue weighted by molar-refractivity contribution is 0.282. The molecule has 0 N–H and O–H groups in total. The Morgan fingerprint density at radius 2 is 1.76 bits per heavy atom. The summed E-state index contributed by atoms with van der Waals surface area (Å²) in [5.41, 5.74) is 2.46. The maximum absolute atomic E-state index is 5.80. The van der Waals surface area contributed by atoms with Gasteiger partial charge in [-0.1, -0.05) is 38.8 Å². The first-order chi connectivity index (χ1) is 8.04. The van der Waals surface area contributed by atoms with Gasteiger partial charge in [0.2, 0.25) is 0 Å². The Balaban J connectivity index is 2.47. The fraction of sp³-hybridized carbons (Fsp3) is 0.571. The average molecular weight is 364 g/mol. The summed E-state index contributed by atoms with van der Waals surface area (Å²) in [7, 11) is 0. The van der Waals surface area contributed by atoms with Crippen LogP contribution in [-0.4, -0.2) is 11.9 Å². The molecule has 0 fully saturated rings. The van der Waals surface area contributed by atoms with Crippen LogP contribution in [0.3, 0.4) is 0 Å². The van der Waals surface area contributed by atoms with Crippen LogP contribution in [0.1, 0.15) is 30.9 Å². The SMILES string of the molecule is Cc1cc(OCCC(C)CCBr)cc(C)c1Br. The number of hydrogen-bond acceptors (Lipinski definition) is 1. The van der Waals surface area contributed by atoms with E-state index >= 15 is 0 Å². The van der Waals surface area contributed by atoms with Gasteiger partial charge in [-0.3, -0.25) is 0 Å². The van der Waals surface area contributed by atoms with Crippen LogP contribution in [0, 0.1) is 19.8 Å². The summed E-state index contributed by atoms with van der Waals surface area (Å²) in [4.78, 5) is 0. The normalized spacial score (nSPS) is 12.5. The van der Waals surface area contributed by atoms with E-state index in [2.05, 4.69) is 64.8 Å². The number of alkyl halides is 1. The summed E-state index contributed by atoms with van der Waals surface area (Å²) in [5, 5.41) is 1.07. The molecule has 0 radical (unpaired) electrons. The largest absolute Gasteiger partial charge is 0.494 e. The number of halogens is 2. The number of hydrogen-bond donors (Lipinski definition) is 0. The van der Waals surface area contributed by atoms with Crippen molar-refractivity contribution in [3.05, 3.63) is 27.7 Å². The van der Waals surface area contributed by atoms with E-state index < -0.39 is 0 Å². The fourth-order valence-corrected chi connectivity index (χ4v) is 2.71. The molecular formula is C14H20Br2O. The molecule has 0 amide bonds. The lowest BCUT2D eigenvalue weighted by Gasteiger charge is -2.12. The third-order valence-corrected chi connectivity index (χ3v) is 4.60. The number of ether oxygens (including phenoxy) is 1. The second-order valence-corrected chi connectivity index (χ2v) is 6.18. The van der Waals surface area contributed by atoms with E-state index in [1.807, 2.05) is 0 Å².